The SMILES string of the molecule is COc1cccc(C(=O)N2CCC[C@@H]2C(=O)NC(c2ccc(C(F)(F)F)cc2F)C2CC2)c1. The van der Waals surface area contributed by atoms with E-state index < -0.39 is 35.5 Å². The Balaban J connectivity index is 1.52. The summed E-state index contributed by atoms with van der Waals surface area (Å²) in [6.45, 7) is 0.400. The molecule has 9 heteroatoms. The summed E-state index contributed by atoms with van der Waals surface area (Å²) in [5, 5.41) is 2.82. The summed E-state index contributed by atoms with van der Waals surface area (Å²) in [5.74, 6) is -1.27. The molecule has 2 aromatic carbocycles. The average Bonchev–Trinajstić information content (AvgIpc) is 3.51. The second kappa shape index (κ2) is 9.03. The maximum Gasteiger partial charge on any atom is 0.416 e. The zero-order valence-electron chi connectivity index (χ0n) is 18.0. The lowest BCUT2D eigenvalue weighted by molar-refractivity contribution is -0.137. The van der Waals surface area contributed by atoms with Crippen molar-refractivity contribution in [3.05, 3.63) is 65.0 Å². The third-order valence-corrected chi connectivity index (χ3v) is 6.19. The summed E-state index contributed by atoms with van der Waals surface area (Å²) in [6, 6.07) is 7.55. The van der Waals surface area contributed by atoms with Crippen molar-refractivity contribution in [3.63, 3.8) is 0 Å². The number of carbonyl (C=O) groups excluding carboxylic acids is 2. The molecule has 0 spiro atoms. The molecule has 1 heterocycles. The number of amides is 2. The lowest BCUT2D eigenvalue weighted by Gasteiger charge is -2.27. The van der Waals surface area contributed by atoms with Crippen LogP contribution in [0.3, 0.4) is 0 Å². The average molecular weight is 464 g/mol. The van der Waals surface area contributed by atoms with Gasteiger partial charge in [-0.15, -0.1) is 0 Å². The lowest BCUT2D eigenvalue weighted by atomic mass is 9.99. The molecule has 2 aromatic rings. The van der Waals surface area contributed by atoms with Crippen LogP contribution in [0.2, 0.25) is 0 Å². The van der Waals surface area contributed by atoms with E-state index in [0.717, 1.165) is 25.0 Å². The van der Waals surface area contributed by atoms with Crippen molar-refractivity contribution in [1.29, 1.82) is 0 Å². The lowest BCUT2D eigenvalue weighted by Crippen LogP contribution is -2.47. The van der Waals surface area contributed by atoms with E-state index in [-0.39, 0.29) is 17.4 Å². The molecule has 0 aromatic heterocycles. The normalized spacial score (nSPS) is 19.3. The van der Waals surface area contributed by atoms with Gasteiger partial charge in [0, 0.05) is 17.7 Å². The molecule has 2 aliphatic rings. The highest BCUT2D eigenvalue weighted by molar-refractivity contribution is 5.98. The summed E-state index contributed by atoms with van der Waals surface area (Å²) in [6.07, 6.45) is -2.08. The van der Waals surface area contributed by atoms with Crippen LogP contribution >= 0.6 is 0 Å². The first-order valence-electron chi connectivity index (χ1n) is 10.8. The number of nitrogens with zero attached hydrogens (tertiary/aromatic N) is 1. The van der Waals surface area contributed by atoms with E-state index in [9.17, 15) is 27.2 Å². The van der Waals surface area contributed by atoms with E-state index in [0.29, 0.717) is 36.8 Å². The Hall–Kier alpha value is -3.10. The molecule has 1 saturated heterocycles. The van der Waals surface area contributed by atoms with Crippen molar-refractivity contribution < 1.29 is 31.9 Å². The number of hydrogen-bond acceptors (Lipinski definition) is 3. The number of rotatable bonds is 6. The van der Waals surface area contributed by atoms with Gasteiger partial charge in [0.2, 0.25) is 5.91 Å². The molecule has 2 amide bonds. The van der Waals surface area contributed by atoms with Crippen molar-refractivity contribution in [1.82, 2.24) is 10.2 Å². The van der Waals surface area contributed by atoms with Crippen LogP contribution < -0.4 is 10.1 Å². The highest BCUT2D eigenvalue weighted by Gasteiger charge is 2.40. The van der Waals surface area contributed by atoms with Gasteiger partial charge in [-0.1, -0.05) is 12.1 Å². The van der Waals surface area contributed by atoms with Crippen LogP contribution in [0.4, 0.5) is 17.6 Å². The maximum absolute atomic E-state index is 14.6. The first kappa shape index (κ1) is 23.1. The minimum atomic E-state index is -4.65. The number of alkyl halides is 3. The summed E-state index contributed by atoms with van der Waals surface area (Å²) in [5.41, 5.74) is -0.653. The Bertz CT molecular complexity index is 1050. The van der Waals surface area contributed by atoms with Crippen LogP contribution in [0.25, 0.3) is 0 Å². The Morgan fingerprint density at radius 1 is 1.12 bits per heavy atom. The van der Waals surface area contributed by atoms with Gasteiger partial charge in [-0.3, -0.25) is 9.59 Å². The molecular formula is C24H24F4N2O3. The van der Waals surface area contributed by atoms with Gasteiger partial charge >= 0.3 is 6.18 Å². The number of methoxy groups -OCH3 is 1. The van der Waals surface area contributed by atoms with E-state index in [1.165, 1.54) is 12.0 Å². The van der Waals surface area contributed by atoms with Gasteiger partial charge in [-0.25, -0.2) is 4.39 Å². The molecule has 0 bridgehead atoms. The van der Waals surface area contributed by atoms with Gasteiger partial charge in [0.25, 0.3) is 5.91 Å². The summed E-state index contributed by atoms with van der Waals surface area (Å²) in [4.78, 5) is 27.7. The van der Waals surface area contributed by atoms with E-state index in [1.54, 1.807) is 24.3 Å². The van der Waals surface area contributed by atoms with Crippen LogP contribution in [0, 0.1) is 11.7 Å². The predicted molar refractivity (Wildman–Crippen MR) is 112 cm³/mol. The quantitative estimate of drug-likeness (QED) is 0.630. The van der Waals surface area contributed by atoms with E-state index >= 15 is 0 Å². The molecule has 0 radical (unpaired) electrons. The predicted octanol–water partition coefficient (Wildman–Crippen LogP) is 4.73. The molecule has 2 atom stereocenters. The smallest absolute Gasteiger partial charge is 0.416 e. The Kier molecular flexibility index (Phi) is 6.32. The summed E-state index contributed by atoms with van der Waals surface area (Å²) < 4.78 is 58.5. The number of carbonyl (C=O) groups is 2. The number of nitrogens with one attached hydrogen (secondary N) is 1. The van der Waals surface area contributed by atoms with Crippen LogP contribution in [0.15, 0.2) is 42.5 Å². The van der Waals surface area contributed by atoms with Crippen molar-refractivity contribution >= 4 is 11.8 Å². The number of benzene rings is 2. The number of halogens is 4. The standard InChI is InChI=1S/C24H24F4N2O3/c1-33-17-5-2-4-15(12-17)23(32)30-11-3-6-20(30)22(31)29-21(14-7-8-14)18-10-9-16(13-19(18)25)24(26,27)28/h2,4-5,9-10,12-14,20-21H,3,6-8,11H2,1H3,(H,29,31)/t20-,21?/m1/s1. The van der Waals surface area contributed by atoms with Crippen molar-refractivity contribution in [2.45, 2.75) is 43.9 Å². The Labute approximate surface area is 188 Å². The second-order valence-corrected chi connectivity index (χ2v) is 8.45. The van der Waals surface area contributed by atoms with Crippen LogP contribution in [-0.2, 0) is 11.0 Å². The fourth-order valence-electron chi connectivity index (χ4n) is 4.29. The summed E-state index contributed by atoms with van der Waals surface area (Å²) in [7, 11) is 1.49. The molecule has 2 fully saturated rings. The van der Waals surface area contributed by atoms with Crippen molar-refractivity contribution in [3.8, 4) is 5.75 Å². The number of ether oxygens (including phenoxy) is 1. The zero-order chi connectivity index (χ0) is 23.8. The van der Waals surface area contributed by atoms with Crippen LogP contribution in [0.5, 0.6) is 5.75 Å². The molecule has 1 unspecified atom stereocenters. The summed E-state index contributed by atoms with van der Waals surface area (Å²) >= 11 is 0. The number of likely N-dealkylation sites (tertiary alicyclic amines) is 1. The molecule has 1 aliphatic heterocycles. The molecule has 5 nitrogen and oxygen atoms in total. The van der Waals surface area contributed by atoms with E-state index in [2.05, 4.69) is 5.32 Å². The topological polar surface area (TPSA) is 58.6 Å². The Morgan fingerprint density at radius 2 is 1.88 bits per heavy atom. The van der Waals surface area contributed by atoms with Gasteiger partial charge in [0.05, 0.1) is 18.7 Å². The van der Waals surface area contributed by atoms with Gasteiger partial charge in [0.1, 0.15) is 17.6 Å². The highest BCUT2D eigenvalue weighted by Crippen LogP contribution is 2.43. The molecular weight excluding hydrogens is 440 g/mol. The van der Waals surface area contributed by atoms with Gasteiger partial charge in [0.15, 0.2) is 0 Å². The molecule has 1 N–H and O–H groups in total. The minimum Gasteiger partial charge on any atom is -0.497 e. The number of hydrogen-bond donors (Lipinski definition) is 1. The first-order valence-corrected chi connectivity index (χ1v) is 10.8. The fraction of sp³-hybridized carbons (Fsp3) is 0.417. The van der Waals surface area contributed by atoms with Crippen LogP contribution in [0.1, 0.15) is 53.2 Å². The third kappa shape index (κ3) is 4.96. The monoisotopic (exact) mass is 464 g/mol. The van der Waals surface area contributed by atoms with Crippen molar-refractivity contribution in [2.24, 2.45) is 5.92 Å². The van der Waals surface area contributed by atoms with Gasteiger partial charge in [-0.2, -0.15) is 13.2 Å². The van der Waals surface area contributed by atoms with Crippen molar-refractivity contribution in [2.75, 3.05) is 13.7 Å². The molecule has 1 saturated carbocycles. The van der Waals surface area contributed by atoms with Gasteiger partial charge < -0.3 is 15.0 Å². The second-order valence-electron chi connectivity index (χ2n) is 8.45. The van der Waals surface area contributed by atoms with Gasteiger partial charge in [-0.05, 0) is 61.9 Å². The largest absolute Gasteiger partial charge is 0.497 e. The Morgan fingerprint density at radius 3 is 2.52 bits per heavy atom. The highest BCUT2D eigenvalue weighted by atomic mass is 19.4. The fourth-order valence-corrected chi connectivity index (χ4v) is 4.29. The van der Waals surface area contributed by atoms with E-state index in [4.69, 9.17) is 4.74 Å². The third-order valence-electron chi connectivity index (χ3n) is 6.19. The van der Waals surface area contributed by atoms with E-state index in [1.807, 2.05) is 0 Å². The molecule has 33 heavy (non-hydrogen) atoms. The molecule has 176 valence electrons. The minimum absolute atomic E-state index is 0.0301. The molecule has 1 aliphatic carbocycles. The zero-order valence-corrected chi connectivity index (χ0v) is 18.0. The molecule has 4 rings (SSSR count). The maximum atomic E-state index is 14.6. The van der Waals surface area contributed by atoms with Crippen LogP contribution in [-0.4, -0.2) is 36.4 Å². The first-order chi connectivity index (χ1) is 15.7.